The minimum absolute atomic E-state index is 0.0335. The number of nitrogens with one attached hydrogen (secondary N) is 1. The molecule has 2 aromatic rings. The van der Waals surface area contributed by atoms with Gasteiger partial charge in [-0.3, -0.25) is 4.68 Å². The van der Waals surface area contributed by atoms with Crippen molar-refractivity contribution in [1.29, 1.82) is 0 Å². The molecule has 0 saturated carbocycles. The van der Waals surface area contributed by atoms with E-state index in [0.717, 1.165) is 5.69 Å². The Hall–Kier alpha value is -2.08. The zero-order chi connectivity index (χ0) is 13.7. The molecule has 0 saturated heterocycles. The van der Waals surface area contributed by atoms with E-state index < -0.39 is 6.67 Å². The average molecular weight is 265 g/mol. The van der Waals surface area contributed by atoms with Gasteiger partial charge in [0.15, 0.2) is 0 Å². The monoisotopic (exact) mass is 265 g/mol. The van der Waals surface area contributed by atoms with Crippen LogP contribution in [0.1, 0.15) is 11.3 Å². The van der Waals surface area contributed by atoms with Crippen molar-refractivity contribution in [3.63, 3.8) is 0 Å². The molecule has 3 N–H and O–H groups in total. The SMILES string of the molecule is Oc1ccc(CNCc2ccn(CCF)n2)c(O)c1. The topological polar surface area (TPSA) is 70.3 Å². The summed E-state index contributed by atoms with van der Waals surface area (Å²) >= 11 is 0. The van der Waals surface area contributed by atoms with Crippen LogP contribution in [0.4, 0.5) is 4.39 Å². The second kappa shape index (κ2) is 6.19. The van der Waals surface area contributed by atoms with Crippen LogP contribution in [0, 0.1) is 0 Å². The van der Waals surface area contributed by atoms with E-state index in [9.17, 15) is 14.6 Å². The molecule has 0 unspecified atom stereocenters. The van der Waals surface area contributed by atoms with Crippen molar-refractivity contribution in [3.05, 3.63) is 41.7 Å². The normalized spacial score (nSPS) is 10.8. The molecule has 0 aliphatic heterocycles. The summed E-state index contributed by atoms with van der Waals surface area (Å²) in [6, 6.07) is 6.29. The van der Waals surface area contributed by atoms with Crippen molar-refractivity contribution < 1.29 is 14.6 Å². The van der Waals surface area contributed by atoms with Crippen molar-refractivity contribution in [2.24, 2.45) is 0 Å². The smallest absolute Gasteiger partial charge is 0.123 e. The van der Waals surface area contributed by atoms with Gasteiger partial charge in [-0.15, -0.1) is 0 Å². The Balaban J connectivity index is 1.85. The van der Waals surface area contributed by atoms with E-state index in [1.807, 2.05) is 6.07 Å². The first-order valence-corrected chi connectivity index (χ1v) is 5.99. The molecule has 0 spiro atoms. The molecule has 6 heteroatoms. The number of phenolic OH excluding ortho intramolecular Hbond substituents is 2. The third-order valence-electron chi connectivity index (χ3n) is 2.70. The van der Waals surface area contributed by atoms with Crippen molar-refractivity contribution in [1.82, 2.24) is 15.1 Å². The predicted octanol–water partition coefficient (Wildman–Crippen LogP) is 1.55. The second-order valence-corrected chi connectivity index (χ2v) is 4.18. The van der Waals surface area contributed by atoms with E-state index >= 15 is 0 Å². The lowest BCUT2D eigenvalue weighted by molar-refractivity contribution is 0.424. The van der Waals surface area contributed by atoms with Gasteiger partial charge in [0.25, 0.3) is 0 Å². The van der Waals surface area contributed by atoms with Crippen molar-refractivity contribution >= 4 is 0 Å². The molecule has 1 aromatic carbocycles. The highest BCUT2D eigenvalue weighted by atomic mass is 19.1. The van der Waals surface area contributed by atoms with Crippen LogP contribution in [-0.2, 0) is 19.6 Å². The molecular formula is C13H16FN3O2. The molecule has 5 nitrogen and oxygen atoms in total. The molecule has 102 valence electrons. The molecule has 1 aromatic heterocycles. The molecule has 0 amide bonds. The van der Waals surface area contributed by atoms with Crippen molar-refractivity contribution in [3.8, 4) is 11.5 Å². The molecule has 0 aliphatic rings. The maximum atomic E-state index is 12.1. The first-order valence-electron chi connectivity index (χ1n) is 5.99. The van der Waals surface area contributed by atoms with Gasteiger partial charge in [-0.1, -0.05) is 6.07 Å². The standard InChI is InChI=1S/C13H16FN3O2/c14-4-6-17-5-3-11(16-17)9-15-8-10-1-2-12(18)7-13(10)19/h1-3,5,7,15,18-19H,4,6,8-9H2. The Bertz CT molecular complexity index is 542. The van der Waals surface area contributed by atoms with Crippen molar-refractivity contribution in [2.45, 2.75) is 19.6 Å². The lowest BCUT2D eigenvalue weighted by atomic mass is 10.2. The minimum atomic E-state index is -0.435. The molecule has 0 atom stereocenters. The van der Waals surface area contributed by atoms with E-state index in [0.29, 0.717) is 18.7 Å². The Morgan fingerprint density at radius 1 is 1.21 bits per heavy atom. The first-order chi connectivity index (χ1) is 9.19. The quantitative estimate of drug-likeness (QED) is 0.741. The van der Waals surface area contributed by atoms with Gasteiger partial charge in [0, 0.05) is 30.9 Å². The highest BCUT2D eigenvalue weighted by Gasteiger charge is 2.03. The van der Waals surface area contributed by atoms with Gasteiger partial charge in [0.05, 0.1) is 12.2 Å². The third-order valence-corrected chi connectivity index (χ3v) is 2.70. The van der Waals surface area contributed by atoms with Gasteiger partial charge in [-0.25, -0.2) is 4.39 Å². The number of aromatic hydroxyl groups is 2. The number of hydrogen-bond donors (Lipinski definition) is 3. The number of alkyl halides is 1. The summed E-state index contributed by atoms with van der Waals surface area (Å²) in [5.41, 5.74) is 1.51. The fourth-order valence-corrected chi connectivity index (χ4v) is 1.74. The average Bonchev–Trinajstić information content (AvgIpc) is 2.80. The van der Waals surface area contributed by atoms with E-state index in [4.69, 9.17) is 0 Å². The van der Waals surface area contributed by atoms with Crippen LogP contribution < -0.4 is 5.32 Å². The van der Waals surface area contributed by atoms with E-state index in [2.05, 4.69) is 10.4 Å². The molecule has 2 rings (SSSR count). The largest absolute Gasteiger partial charge is 0.508 e. The van der Waals surface area contributed by atoms with E-state index in [1.165, 1.54) is 12.1 Å². The molecule has 0 bridgehead atoms. The van der Waals surface area contributed by atoms with Gasteiger partial charge in [-0.2, -0.15) is 5.10 Å². The number of hydrogen-bond acceptors (Lipinski definition) is 4. The van der Waals surface area contributed by atoms with E-state index in [1.54, 1.807) is 16.9 Å². The third kappa shape index (κ3) is 3.69. The Morgan fingerprint density at radius 2 is 2.05 bits per heavy atom. The second-order valence-electron chi connectivity index (χ2n) is 4.18. The fraction of sp³-hybridized carbons (Fsp3) is 0.308. The number of nitrogens with zero attached hydrogens (tertiary/aromatic N) is 2. The van der Waals surface area contributed by atoms with Crippen LogP contribution in [0.5, 0.6) is 11.5 Å². The Labute approximate surface area is 110 Å². The number of phenols is 2. The molecule has 0 radical (unpaired) electrons. The number of benzene rings is 1. The van der Waals surface area contributed by atoms with Gasteiger partial charge in [0.1, 0.15) is 18.2 Å². The molecular weight excluding hydrogens is 249 g/mol. The Kier molecular flexibility index (Phi) is 4.35. The van der Waals surface area contributed by atoms with Crippen LogP contribution in [-0.4, -0.2) is 26.7 Å². The van der Waals surface area contributed by atoms with Gasteiger partial charge in [-0.05, 0) is 12.1 Å². The lowest BCUT2D eigenvalue weighted by Gasteiger charge is -2.06. The van der Waals surface area contributed by atoms with Crippen LogP contribution in [0.2, 0.25) is 0 Å². The maximum Gasteiger partial charge on any atom is 0.123 e. The van der Waals surface area contributed by atoms with Crippen LogP contribution >= 0.6 is 0 Å². The number of halogens is 1. The van der Waals surface area contributed by atoms with Gasteiger partial charge in [0.2, 0.25) is 0 Å². The predicted molar refractivity (Wildman–Crippen MR) is 68.5 cm³/mol. The molecule has 0 aliphatic carbocycles. The maximum absolute atomic E-state index is 12.1. The fourth-order valence-electron chi connectivity index (χ4n) is 1.74. The summed E-state index contributed by atoms with van der Waals surface area (Å²) < 4.78 is 13.7. The zero-order valence-electron chi connectivity index (χ0n) is 10.4. The number of aryl methyl sites for hydroxylation is 1. The van der Waals surface area contributed by atoms with Gasteiger partial charge >= 0.3 is 0 Å². The summed E-state index contributed by atoms with van der Waals surface area (Å²) in [6.45, 7) is 0.816. The number of aromatic nitrogens is 2. The van der Waals surface area contributed by atoms with Crippen LogP contribution in [0.3, 0.4) is 0 Å². The highest BCUT2D eigenvalue weighted by Crippen LogP contribution is 2.22. The molecule has 1 heterocycles. The summed E-state index contributed by atoms with van der Waals surface area (Å²) in [4.78, 5) is 0. The lowest BCUT2D eigenvalue weighted by Crippen LogP contribution is -2.13. The van der Waals surface area contributed by atoms with Crippen LogP contribution in [0.25, 0.3) is 0 Å². The van der Waals surface area contributed by atoms with Gasteiger partial charge < -0.3 is 15.5 Å². The summed E-state index contributed by atoms with van der Waals surface area (Å²) in [7, 11) is 0. The summed E-state index contributed by atoms with van der Waals surface area (Å²) in [6.07, 6.45) is 1.73. The highest BCUT2D eigenvalue weighted by molar-refractivity contribution is 5.38. The summed E-state index contributed by atoms with van der Waals surface area (Å²) in [5.74, 6) is 0.0849. The van der Waals surface area contributed by atoms with Crippen molar-refractivity contribution in [2.75, 3.05) is 6.67 Å². The van der Waals surface area contributed by atoms with E-state index in [-0.39, 0.29) is 18.0 Å². The zero-order valence-corrected chi connectivity index (χ0v) is 10.4. The number of rotatable bonds is 6. The molecule has 19 heavy (non-hydrogen) atoms. The minimum Gasteiger partial charge on any atom is -0.508 e. The molecule has 0 fully saturated rings. The first kappa shape index (κ1) is 13.4. The Morgan fingerprint density at radius 3 is 2.79 bits per heavy atom. The van der Waals surface area contributed by atoms with Crippen LogP contribution in [0.15, 0.2) is 30.5 Å². The summed E-state index contributed by atoms with van der Waals surface area (Å²) in [5, 5.41) is 26.1.